The van der Waals surface area contributed by atoms with E-state index in [2.05, 4.69) is 19.1 Å². The monoisotopic (exact) mass is 205 g/mol. The van der Waals surface area contributed by atoms with Crippen LogP contribution in [-0.2, 0) is 0 Å². The van der Waals surface area contributed by atoms with Crippen molar-refractivity contribution in [3.8, 4) is 5.75 Å². The SMILES string of the molecule is Cc1cccc(O[C@H]2CCCC[C@H]2N)c1. The molecule has 0 unspecified atom stereocenters. The van der Waals surface area contributed by atoms with Gasteiger partial charge in [-0.05, 0) is 43.9 Å². The van der Waals surface area contributed by atoms with E-state index in [9.17, 15) is 0 Å². The molecule has 1 fully saturated rings. The molecule has 2 nitrogen and oxygen atoms in total. The van der Waals surface area contributed by atoms with Crippen LogP contribution in [0.15, 0.2) is 24.3 Å². The number of nitrogens with two attached hydrogens (primary N) is 1. The van der Waals surface area contributed by atoms with Crippen molar-refractivity contribution in [1.29, 1.82) is 0 Å². The van der Waals surface area contributed by atoms with Gasteiger partial charge in [-0.25, -0.2) is 0 Å². The minimum absolute atomic E-state index is 0.208. The summed E-state index contributed by atoms with van der Waals surface area (Å²) in [5.74, 6) is 0.956. The highest BCUT2D eigenvalue weighted by atomic mass is 16.5. The van der Waals surface area contributed by atoms with Gasteiger partial charge in [0.25, 0.3) is 0 Å². The highest BCUT2D eigenvalue weighted by molar-refractivity contribution is 5.27. The Labute approximate surface area is 91.4 Å². The number of rotatable bonds is 2. The zero-order valence-corrected chi connectivity index (χ0v) is 9.28. The lowest BCUT2D eigenvalue weighted by molar-refractivity contribution is 0.132. The van der Waals surface area contributed by atoms with E-state index in [0.29, 0.717) is 0 Å². The molecule has 0 bridgehead atoms. The molecule has 0 radical (unpaired) electrons. The second kappa shape index (κ2) is 4.67. The largest absolute Gasteiger partial charge is 0.489 e. The minimum atomic E-state index is 0.208. The fourth-order valence-corrected chi connectivity index (χ4v) is 2.14. The Morgan fingerprint density at radius 1 is 1.27 bits per heavy atom. The molecule has 2 N–H and O–H groups in total. The van der Waals surface area contributed by atoms with E-state index in [-0.39, 0.29) is 12.1 Å². The predicted octanol–water partition coefficient (Wildman–Crippen LogP) is 2.64. The first-order valence-electron chi connectivity index (χ1n) is 5.74. The first-order chi connectivity index (χ1) is 7.25. The van der Waals surface area contributed by atoms with Gasteiger partial charge < -0.3 is 10.5 Å². The molecular weight excluding hydrogens is 186 g/mol. The third kappa shape index (κ3) is 2.72. The van der Waals surface area contributed by atoms with Crippen molar-refractivity contribution in [2.75, 3.05) is 0 Å². The van der Waals surface area contributed by atoms with Crippen molar-refractivity contribution in [2.24, 2.45) is 5.73 Å². The predicted molar refractivity (Wildman–Crippen MR) is 62.0 cm³/mol. The standard InChI is InChI=1S/C13H19NO/c1-10-5-4-6-11(9-10)15-13-8-3-2-7-12(13)14/h4-6,9,12-13H,2-3,7-8,14H2,1H3/t12-,13+/m1/s1. The van der Waals surface area contributed by atoms with Gasteiger partial charge in [0.15, 0.2) is 0 Å². The lowest BCUT2D eigenvalue weighted by Crippen LogP contribution is -2.41. The lowest BCUT2D eigenvalue weighted by Gasteiger charge is -2.29. The number of ether oxygens (including phenoxy) is 1. The van der Waals surface area contributed by atoms with Crippen molar-refractivity contribution in [1.82, 2.24) is 0 Å². The Hall–Kier alpha value is -1.02. The molecule has 0 saturated heterocycles. The molecule has 1 aliphatic rings. The second-order valence-corrected chi connectivity index (χ2v) is 4.42. The molecule has 0 spiro atoms. The molecule has 1 aromatic rings. The maximum atomic E-state index is 6.04. The zero-order chi connectivity index (χ0) is 10.7. The van der Waals surface area contributed by atoms with E-state index in [1.165, 1.54) is 18.4 Å². The van der Waals surface area contributed by atoms with Crippen LogP contribution in [0.3, 0.4) is 0 Å². The maximum Gasteiger partial charge on any atom is 0.120 e. The smallest absolute Gasteiger partial charge is 0.120 e. The fraction of sp³-hybridized carbons (Fsp3) is 0.538. The maximum absolute atomic E-state index is 6.04. The molecule has 82 valence electrons. The van der Waals surface area contributed by atoms with Crippen LogP contribution in [0.2, 0.25) is 0 Å². The van der Waals surface area contributed by atoms with E-state index in [0.717, 1.165) is 18.6 Å². The summed E-state index contributed by atoms with van der Waals surface area (Å²) >= 11 is 0. The van der Waals surface area contributed by atoms with Crippen LogP contribution in [0.5, 0.6) is 5.75 Å². The van der Waals surface area contributed by atoms with Crippen LogP contribution < -0.4 is 10.5 Å². The first kappa shape index (κ1) is 10.5. The van der Waals surface area contributed by atoms with Gasteiger partial charge in [-0.2, -0.15) is 0 Å². The van der Waals surface area contributed by atoms with Crippen molar-refractivity contribution in [2.45, 2.75) is 44.8 Å². The molecule has 0 aliphatic heterocycles. The van der Waals surface area contributed by atoms with Crippen molar-refractivity contribution in [3.63, 3.8) is 0 Å². The minimum Gasteiger partial charge on any atom is -0.489 e. The quantitative estimate of drug-likeness (QED) is 0.805. The third-order valence-corrected chi connectivity index (χ3v) is 3.03. The fourth-order valence-electron chi connectivity index (χ4n) is 2.14. The van der Waals surface area contributed by atoms with E-state index in [4.69, 9.17) is 10.5 Å². The third-order valence-electron chi connectivity index (χ3n) is 3.03. The summed E-state index contributed by atoms with van der Waals surface area (Å²) < 4.78 is 5.92. The lowest BCUT2D eigenvalue weighted by atomic mass is 9.93. The molecule has 2 atom stereocenters. The van der Waals surface area contributed by atoms with Crippen LogP contribution in [0.25, 0.3) is 0 Å². The van der Waals surface area contributed by atoms with E-state index in [1.807, 2.05) is 12.1 Å². The highest BCUT2D eigenvalue weighted by Crippen LogP contribution is 2.23. The van der Waals surface area contributed by atoms with Crippen molar-refractivity contribution in [3.05, 3.63) is 29.8 Å². The van der Waals surface area contributed by atoms with Gasteiger partial charge in [0.2, 0.25) is 0 Å². The molecule has 2 heteroatoms. The van der Waals surface area contributed by atoms with Crippen LogP contribution in [0.1, 0.15) is 31.2 Å². The van der Waals surface area contributed by atoms with Gasteiger partial charge >= 0.3 is 0 Å². The normalized spacial score (nSPS) is 26.3. The summed E-state index contributed by atoms with van der Waals surface area (Å²) in [6.07, 6.45) is 4.88. The molecule has 0 aromatic heterocycles. The number of hydrogen-bond acceptors (Lipinski definition) is 2. The van der Waals surface area contributed by atoms with Gasteiger partial charge in [-0.3, -0.25) is 0 Å². The van der Waals surface area contributed by atoms with E-state index in [1.54, 1.807) is 0 Å². The van der Waals surface area contributed by atoms with Gasteiger partial charge in [0.1, 0.15) is 11.9 Å². The molecule has 15 heavy (non-hydrogen) atoms. The van der Waals surface area contributed by atoms with Gasteiger partial charge in [0, 0.05) is 6.04 Å². The van der Waals surface area contributed by atoms with Crippen LogP contribution in [0, 0.1) is 6.92 Å². The molecule has 1 saturated carbocycles. The van der Waals surface area contributed by atoms with Crippen molar-refractivity contribution >= 4 is 0 Å². The number of aryl methyl sites for hydroxylation is 1. The number of benzene rings is 1. The number of hydrogen-bond donors (Lipinski definition) is 1. The summed E-state index contributed by atoms with van der Waals surface area (Å²) in [6, 6.07) is 8.39. The van der Waals surface area contributed by atoms with Crippen LogP contribution in [-0.4, -0.2) is 12.1 Å². The molecular formula is C13H19NO. The zero-order valence-electron chi connectivity index (χ0n) is 9.28. The second-order valence-electron chi connectivity index (χ2n) is 4.42. The van der Waals surface area contributed by atoms with Gasteiger partial charge in [0.05, 0.1) is 0 Å². The average molecular weight is 205 g/mol. The molecule has 2 rings (SSSR count). The topological polar surface area (TPSA) is 35.2 Å². The summed E-state index contributed by atoms with van der Waals surface area (Å²) in [7, 11) is 0. The molecule has 1 aromatic carbocycles. The summed E-state index contributed by atoms with van der Waals surface area (Å²) in [5, 5.41) is 0. The van der Waals surface area contributed by atoms with Gasteiger partial charge in [-0.15, -0.1) is 0 Å². The summed E-state index contributed by atoms with van der Waals surface area (Å²) in [4.78, 5) is 0. The Morgan fingerprint density at radius 3 is 2.80 bits per heavy atom. The summed E-state index contributed by atoms with van der Waals surface area (Å²) in [5.41, 5.74) is 7.27. The van der Waals surface area contributed by atoms with E-state index >= 15 is 0 Å². The Bertz CT molecular complexity index is 324. The Balaban J connectivity index is 2.01. The van der Waals surface area contributed by atoms with Crippen LogP contribution in [0.4, 0.5) is 0 Å². The molecule has 0 amide bonds. The van der Waals surface area contributed by atoms with Gasteiger partial charge in [-0.1, -0.05) is 18.6 Å². The molecule has 1 aliphatic carbocycles. The average Bonchev–Trinajstić information content (AvgIpc) is 2.22. The highest BCUT2D eigenvalue weighted by Gasteiger charge is 2.23. The first-order valence-corrected chi connectivity index (χ1v) is 5.74. The van der Waals surface area contributed by atoms with Crippen molar-refractivity contribution < 1.29 is 4.74 Å². The Kier molecular flexibility index (Phi) is 3.27. The summed E-state index contributed by atoms with van der Waals surface area (Å²) in [6.45, 7) is 2.08. The Morgan fingerprint density at radius 2 is 2.07 bits per heavy atom. The molecule has 0 heterocycles. The van der Waals surface area contributed by atoms with E-state index < -0.39 is 0 Å². The van der Waals surface area contributed by atoms with Crippen LogP contribution >= 0.6 is 0 Å².